The molecule has 0 aliphatic rings. The van der Waals surface area contributed by atoms with E-state index >= 15 is 0 Å². The highest BCUT2D eigenvalue weighted by molar-refractivity contribution is 4.77. The lowest BCUT2D eigenvalue weighted by atomic mass is 9.95. The molecule has 0 saturated carbocycles. The van der Waals surface area contributed by atoms with Crippen LogP contribution in [0.25, 0.3) is 0 Å². The van der Waals surface area contributed by atoms with Crippen molar-refractivity contribution < 1.29 is 5.11 Å². The van der Waals surface area contributed by atoms with Gasteiger partial charge in [-0.25, -0.2) is 0 Å². The Morgan fingerprint density at radius 1 is 1.29 bits per heavy atom. The molecule has 2 N–H and O–H groups in total. The molecule has 0 bridgehead atoms. The summed E-state index contributed by atoms with van der Waals surface area (Å²) in [7, 11) is 0. The van der Waals surface area contributed by atoms with E-state index in [-0.39, 0.29) is 0 Å². The summed E-state index contributed by atoms with van der Waals surface area (Å²) in [6.07, 6.45) is 3.09. The van der Waals surface area contributed by atoms with E-state index in [0.29, 0.717) is 18.5 Å². The van der Waals surface area contributed by atoms with Crippen LogP contribution in [0.2, 0.25) is 0 Å². The Kier molecular flexibility index (Phi) is 6.38. The summed E-state index contributed by atoms with van der Waals surface area (Å²) in [5, 5.41) is 13.4. The van der Waals surface area contributed by atoms with Gasteiger partial charge >= 0.3 is 0 Å². The maximum Gasteiger partial charge on any atom is 0.0743 e. The van der Waals surface area contributed by atoms with Crippen LogP contribution >= 0.6 is 0 Å². The molecule has 0 fully saturated rings. The van der Waals surface area contributed by atoms with Gasteiger partial charge in [-0.05, 0) is 39.0 Å². The molecule has 0 aliphatic heterocycles. The van der Waals surface area contributed by atoms with Gasteiger partial charge < -0.3 is 10.4 Å². The van der Waals surface area contributed by atoms with Crippen molar-refractivity contribution in [1.29, 1.82) is 0 Å². The topological polar surface area (TPSA) is 32.3 Å². The van der Waals surface area contributed by atoms with Crippen LogP contribution in [0.3, 0.4) is 0 Å². The number of hydrogen-bond acceptors (Lipinski definition) is 2. The zero-order valence-corrected chi connectivity index (χ0v) is 10.4. The van der Waals surface area contributed by atoms with Crippen molar-refractivity contribution in [3.05, 3.63) is 0 Å². The zero-order chi connectivity index (χ0) is 11.2. The van der Waals surface area contributed by atoms with Crippen molar-refractivity contribution in [2.24, 2.45) is 5.92 Å². The molecule has 0 rings (SSSR count). The van der Waals surface area contributed by atoms with Crippen LogP contribution in [-0.4, -0.2) is 23.3 Å². The maximum atomic E-state index is 10.0. The summed E-state index contributed by atoms with van der Waals surface area (Å²) in [5.41, 5.74) is -0.548. The number of aliphatic hydroxyl groups is 1. The van der Waals surface area contributed by atoms with Crippen LogP contribution in [0.1, 0.15) is 53.9 Å². The Labute approximate surface area is 89.1 Å². The molecule has 0 radical (unpaired) electrons. The lowest BCUT2D eigenvalue weighted by Crippen LogP contribution is -2.41. The first-order valence-corrected chi connectivity index (χ1v) is 5.83. The maximum absolute atomic E-state index is 10.0. The SMILES string of the molecule is CCC(C)NCC(C)(O)CCC(C)C. The van der Waals surface area contributed by atoms with Crippen molar-refractivity contribution in [2.75, 3.05) is 6.54 Å². The third kappa shape index (κ3) is 7.34. The quantitative estimate of drug-likeness (QED) is 0.663. The minimum Gasteiger partial charge on any atom is -0.389 e. The molecule has 0 aromatic carbocycles. The molecule has 0 spiro atoms. The molecule has 0 aromatic heterocycles. The van der Waals surface area contributed by atoms with Crippen LogP contribution < -0.4 is 5.32 Å². The van der Waals surface area contributed by atoms with Gasteiger partial charge in [0.25, 0.3) is 0 Å². The van der Waals surface area contributed by atoms with Crippen molar-refractivity contribution in [2.45, 2.75) is 65.5 Å². The van der Waals surface area contributed by atoms with Gasteiger partial charge in [0.1, 0.15) is 0 Å². The number of nitrogens with one attached hydrogen (secondary N) is 1. The summed E-state index contributed by atoms with van der Waals surface area (Å²) in [6, 6.07) is 0.500. The number of hydrogen-bond donors (Lipinski definition) is 2. The van der Waals surface area contributed by atoms with Crippen molar-refractivity contribution in [3.8, 4) is 0 Å². The molecule has 0 saturated heterocycles. The summed E-state index contributed by atoms with van der Waals surface area (Å²) >= 11 is 0. The van der Waals surface area contributed by atoms with Gasteiger partial charge in [-0.1, -0.05) is 20.8 Å². The fourth-order valence-electron chi connectivity index (χ4n) is 1.23. The van der Waals surface area contributed by atoms with Gasteiger partial charge in [0.15, 0.2) is 0 Å². The first-order chi connectivity index (χ1) is 6.37. The van der Waals surface area contributed by atoms with E-state index in [0.717, 1.165) is 19.3 Å². The van der Waals surface area contributed by atoms with Crippen LogP contribution in [-0.2, 0) is 0 Å². The highest BCUT2D eigenvalue weighted by atomic mass is 16.3. The molecular formula is C12H27NO. The molecule has 2 heteroatoms. The third-order valence-corrected chi connectivity index (χ3v) is 2.70. The van der Waals surface area contributed by atoms with Crippen molar-refractivity contribution in [3.63, 3.8) is 0 Å². The molecule has 0 heterocycles. The Bertz CT molecular complexity index is 143. The molecule has 2 unspecified atom stereocenters. The molecule has 2 atom stereocenters. The molecule has 0 aromatic rings. The Balaban J connectivity index is 3.71. The highest BCUT2D eigenvalue weighted by Gasteiger charge is 2.20. The number of rotatable bonds is 7. The average molecular weight is 201 g/mol. The van der Waals surface area contributed by atoms with E-state index in [1.807, 2.05) is 6.92 Å². The van der Waals surface area contributed by atoms with E-state index in [1.54, 1.807) is 0 Å². The zero-order valence-electron chi connectivity index (χ0n) is 10.4. The largest absolute Gasteiger partial charge is 0.389 e. The van der Waals surface area contributed by atoms with Gasteiger partial charge in [0.05, 0.1) is 5.60 Å². The molecule has 14 heavy (non-hydrogen) atoms. The van der Waals surface area contributed by atoms with E-state index < -0.39 is 5.60 Å². The first-order valence-electron chi connectivity index (χ1n) is 5.83. The molecule has 2 nitrogen and oxygen atoms in total. The van der Waals surface area contributed by atoms with Crippen LogP contribution in [0, 0.1) is 5.92 Å². The monoisotopic (exact) mass is 201 g/mol. The third-order valence-electron chi connectivity index (χ3n) is 2.70. The summed E-state index contributed by atoms with van der Waals surface area (Å²) < 4.78 is 0. The molecule has 0 amide bonds. The predicted octanol–water partition coefficient (Wildman–Crippen LogP) is 2.56. The lowest BCUT2D eigenvalue weighted by molar-refractivity contribution is 0.0430. The molecule has 0 aliphatic carbocycles. The first kappa shape index (κ1) is 13.9. The fraction of sp³-hybridized carbons (Fsp3) is 1.00. The van der Waals surface area contributed by atoms with E-state index in [9.17, 15) is 5.11 Å². The van der Waals surface area contributed by atoms with E-state index in [2.05, 4.69) is 33.0 Å². The second-order valence-electron chi connectivity index (χ2n) is 5.12. The fourth-order valence-corrected chi connectivity index (χ4v) is 1.23. The minimum absolute atomic E-state index is 0.500. The van der Waals surface area contributed by atoms with Crippen LogP contribution in [0.5, 0.6) is 0 Å². The highest BCUT2D eigenvalue weighted by Crippen LogP contribution is 2.15. The normalized spacial score (nSPS) is 18.2. The lowest BCUT2D eigenvalue weighted by Gasteiger charge is -2.26. The summed E-state index contributed by atoms with van der Waals surface area (Å²) in [4.78, 5) is 0. The Hall–Kier alpha value is -0.0800. The van der Waals surface area contributed by atoms with Gasteiger partial charge in [-0.3, -0.25) is 0 Å². The Morgan fingerprint density at radius 3 is 2.29 bits per heavy atom. The van der Waals surface area contributed by atoms with E-state index in [4.69, 9.17) is 0 Å². The van der Waals surface area contributed by atoms with Crippen LogP contribution in [0.4, 0.5) is 0 Å². The molecule has 86 valence electrons. The smallest absolute Gasteiger partial charge is 0.0743 e. The van der Waals surface area contributed by atoms with Gasteiger partial charge in [-0.15, -0.1) is 0 Å². The Morgan fingerprint density at radius 2 is 1.86 bits per heavy atom. The predicted molar refractivity (Wildman–Crippen MR) is 62.5 cm³/mol. The van der Waals surface area contributed by atoms with Crippen LogP contribution in [0.15, 0.2) is 0 Å². The minimum atomic E-state index is -0.548. The van der Waals surface area contributed by atoms with Gasteiger partial charge in [0, 0.05) is 12.6 Å². The standard InChI is InChI=1S/C12H27NO/c1-6-11(4)13-9-12(5,14)8-7-10(2)3/h10-11,13-14H,6-9H2,1-5H3. The van der Waals surface area contributed by atoms with E-state index in [1.165, 1.54) is 0 Å². The summed E-state index contributed by atoms with van der Waals surface area (Å²) in [6.45, 7) is 11.3. The van der Waals surface area contributed by atoms with Gasteiger partial charge in [-0.2, -0.15) is 0 Å². The summed E-state index contributed by atoms with van der Waals surface area (Å²) in [5.74, 6) is 0.671. The van der Waals surface area contributed by atoms with Gasteiger partial charge in [0.2, 0.25) is 0 Å². The van der Waals surface area contributed by atoms with Crippen molar-refractivity contribution >= 4 is 0 Å². The second kappa shape index (κ2) is 6.41. The molecular weight excluding hydrogens is 174 g/mol. The second-order valence-corrected chi connectivity index (χ2v) is 5.12. The van der Waals surface area contributed by atoms with Crippen molar-refractivity contribution in [1.82, 2.24) is 5.32 Å². The average Bonchev–Trinajstić information content (AvgIpc) is 2.11.